The van der Waals surface area contributed by atoms with E-state index in [1.54, 1.807) is 6.08 Å². The summed E-state index contributed by atoms with van der Waals surface area (Å²) < 4.78 is 11.2. The van der Waals surface area contributed by atoms with Crippen molar-refractivity contribution in [1.29, 1.82) is 0 Å². The number of amides is 1. The molecule has 0 aromatic carbocycles. The third kappa shape index (κ3) is 32.8. The third-order valence-electron chi connectivity index (χ3n) is 10.5. The SMILES string of the molecule is CC/C=C\C/C=C\C/C=C\C/C=C\C/C=C\C/C=C\C/C=C\C/C=C\CCCCCCC(=O)NC(COC1OC(CO)C(O)C(O)C1O)C(O)/C=C/CC/C=C/CCCCCCC. The monoisotopic (exact) mass is 878 g/mol. The fourth-order valence-corrected chi connectivity index (χ4v) is 6.65. The molecule has 0 aromatic rings. The topological polar surface area (TPSA) is 149 Å². The van der Waals surface area contributed by atoms with Gasteiger partial charge in [0, 0.05) is 6.42 Å². The summed E-state index contributed by atoms with van der Waals surface area (Å²) in [6, 6.07) is -0.843. The van der Waals surface area contributed by atoms with Crippen LogP contribution in [0.3, 0.4) is 0 Å². The highest BCUT2D eigenvalue weighted by Gasteiger charge is 2.44. The van der Waals surface area contributed by atoms with Gasteiger partial charge in [-0.3, -0.25) is 4.79 Å². The van der Waals surface area contributed by atoms with Crippen LogP contribution in [0, 0.1) is 0 Å². The van der Waals surface area contributed by atoms with Crippen LogP contribution < -0.4 is 5.32 Å². The fourth-order valence-electron chi connectivity index (χ4n) is 6.65. The van der Waals surface area contributed by atoms with Crippen molar-refractivity contribution >= 4 is 5.91 Å². The Bertz CT molecular complexity index is 1390. The van der Waals surface area contributed by atoms with Gasteiger partial charge >= 0.3 is 0 Å². The number of aliphatic hydroxyl groups is 5. The first-order valence-electron chi connectivity index (χ1n) is 24.3. The molecule has 0 saturated carbocycles. The number of unbranched alkanes of at least 4 members (excludes halogenated alkanes) is 10. The van der Waals surface area contributed by atoms with Crippen molar-refractivity contribution in [3.63, 3.8) is 0 Å². The number of ether oxygens (including phenoxy) is 2. The molecule has 0 spiro atoms. The zero-order chi connectivity index (χ0) is 45.9. The second-order valence-corrected chi connectivity index (χ2v) is 16.2. The van der Waals surface area contributed by atoms with Gasteiger partial charge in [-0.25, -0.2) is 0 Å². The van der Waals surface area contributed by atoms with Crippen LogP contribution in [0.4, 0.5) is 0 Å². The molecule has 1 amide bonds. The van der Waals surface area contributed by atoms with Gasteiger partial charge in [-0.05, 0) is 96.3 Å². The lowest BCUT2D eigenvalue weighted by Gasteiger charge is -2.40. The van der Waals surface area contributed by atoms with Crippen LogP contribution in [-0.2, 0) is 14.3 Å². The number of hydrogen-bond donors (Lipinski definition) is 6. The Morgan fingerprint density at radius 2 is 1.00 bits per heavy atom. The number of nitrogens with one attached hydrogen (secondary N) is 1. The Kier molecular flexibility index (Phi) is 38.9. The summed E-state index contributed by atoms with van der Waals surface area (Å²) in [7, 11) is 0. The van der Waals surface area contributed by atoms with Crippen molar-refractivity contribution in [1.82, 2.24) is 5.32 Å². The van der Waals surface area contributed by atoms with Gasteiger partial charge in [0.25, 0.3) is 0 Å². The molecule has 1 rings (SSSR count). The van der Waals surface area contributed by atoms with Gasteiger partial charge in [0.1, 0.15) is 24.4 Å². The molecule has 0 bridgehead atoms. The molecule has 63 heavy (non-hydrogen) atoms. The lowest BCUT2D eigenvalue weighted by molar-refractivity contribution is -0.302. The highest BCUT2D eigenvalue weighted by molar-refractivity contribution is 5.76. The molecule has 7 atom stereocenters. The van der Waals surface area contributed by atoms with Crippen molar-refractivity contribution in [2.24, 2.45) is 0 Å². The van der Waals surface area contributed by atoms with E-state index in [1.165, 1.54) is 32.1 Å². The van der Waals surface area contributed by atoms with Gasteiger partial charge in [-0.15, -0.1) is 0 Å². The van der Waals surface area contributed by atoms with Gasteiger partial charge in [0.05, 0.1) is 25.4 Å². The number of carbonyl (C=O) groups is 1. The summed E-state index contributed by atoms with van der Waals surface area (Å²) in [4.78, 5) is 13.0. The average Bonchev–Trinajstić information content (AvgIpc) is 3.28. The molecule has 356 valence electrons. The van der Waals surface area contributed by atoms with E-state index in [-0.39, 0.29) is 12.5 Å². The van der Waals surface area contributed by atoms with Crippen LogP contribution in [0.1, 0.15) is 155 Å². The zero-order valence-corrected chi connectivity index (χ0v) is 39.0. The normalized spacial score (nSPS) is 21.3. The minimum atomic E-state index is -1.58. The standard InChI is InChI=1S/C54H87NO8/c1-3-5-7-9-11-13-15-16-17-18-19-20-21-22-23-24-25-26-27-28-29-30-31-32-34-36-38-40-42-44-50(58)55-47(46-62-54-53(61)52(60)51(59)49(45-56)63-54)48(57)43-41-39-37-35-33-14-12-10-8-6-4-2/h5,7,11,13,16-17,19-20,22-23,25-26,28-29,31-33,35,41,43,47-49,51-54,56-57,59-61H,3-4,6,8-10,12,14-15,18,21,24,27,30,34,36-40,42,44-46H2,1-2H3,(H,55,58)/b7-5-,13-11-,17-16-,20-19-,23-22-,26-25-,29-28-,32-31-,35-33+,43-41+. The van der Waals surface area contributed by atoms with Gasteiger partial charge in [-0.2, -0.15) is 0 Å². The Hall–Kier alpha value is -3.41. The van der Waals surface area contributed by atoms with E-state index in [9.17, 15) is 30.3 Å². The van der Waals surface area contributed by atoms with Gasteiger partial charge in [0.2, 0.25) is 5.91 Å². The highest BCUT2D eigenvalue weighted by atomic mass is 16.7. The van der Waals surface area contributed by atoms with Crippen LogP contribution in [0.15, 0.2) is 122 Å². The van der Waals surface area contributed by atoms with E-state index in [0.29, 0.717) is 12.8 Å². The highest BCUT2D eigenvalue weighted by Crippen LogP contribution is 2.22. The van der Waals surface area contributed by atoms with Crippen LogP contribution in [-0.4, -0.2) is 87.5 Å². The van der Waals surface area contributed by atoms with Crippen LogP contribution in [0.5, 0.6) is 0 Å². The van der Waals surface area contributed by atoms with Crippen molar-refractivity contribution in [2.45, 2.75) is 198 Å². The Balaban J connectivity index is 2.31. The second kappa shape index (κ2) is 42.5. The van der Waals surface area contributed by atoms with Crippen molar-refractivity contribution in [3.8, 4) is 0 Å². The molecule has 0 aromatic heterocycles. The van der Waals surface area contributed by atoms with E-state index < -0.39 is 49.5 Å². The third-order valence-corrected chi connectivity index (χ3v) is 10.5. The quantitative estimate of drug-likeness (QED) is 0.0265. The number of carbonyl (C=O) groups excluding carboxylic acids is 1. The summed E-state index contributed by atoms with van der Waals surface area (Å²) >= 11 is 0. The maximum Gasteiger partial charge on any atom is 0.220 e. The zero-order valence-electron chi connectivity index (χ0n) is 39.0. The molecule has 1 fully saturated rings. The predicted octanol–water partition coefficient (Wildman–Crippen LogP) is 10.8. The van der Waals surface area contributed by atoms with Gasteiger partial charge < -0.3 is 40.3 Å². The molecule has 1 aliphatic rings. The maximum absolute atomic E-state index is 13.0. The molecule has 1 saturated heterocycles. The summed E-state index contributed by atoms with van der Waals surface area (Å²) in [5.41, 5.74) is 0. The van der Waals surface area contributed by atoms with Crippen LogP contribution in [0.2, 0.25) is 0 Å². The van der Waals surface area contributed by atoms with Crippen molar-refractivity contribution in [3.05, 3.63) is 122 Å². The smallest absolute Gasteiger partial charge is 0.220 e. The van der Waals surface area contributed by atoms with Crippen molar-refractivity contribution < 1.29 is 39.8 Å². The van der Waals surface area contributed by atoms with E-state index in [2.05, 4.69) is 129 Å². The van der Waals surface area contributed by atoms with Crippen LogP contribution in [0.25, 0.3) is 0 Å². The first-order valence-corrected chi connectivity index (χ1v) is 24.3. The molecule has 7 unspecified atom stereocenters. The summed E-state index contributed by atoms with van der Waals surface area (Å²) in [5.74, 6) is -0.220. The minimum Gasteiger partial charge on any atom is -0.394 e. The van der Waals surface area contributed by atoms with Gasteiger partial charge in [-0.1, -0.05) is 174 Å². The summed E-state index contributed by atoms with van der Waals surface area (Å²) in [5, 5.41) is 54.1. The van der Waals surface area contributed by atoms with Crippen LogP contribution >= 0.6 is 0 Å². The van der Waals surface area contributed by atoms with E-state index >= 15 is 0 Å². The van der Waals surface area contributed by atoms with Gasteiger partial charge in [0.15, 0.2) is 6.29 Å². The largest absolute Gasteiger partial charge is 0.394 e. The Morgan fingerprint density at radius 3 is 1.51 bits per heavy atom. The minimum absolute atomic E-state index is 0.220. The Labute approximate surface area is 382 Å². The molecule has 0 radical (unpaired) electrons. The number of rotatable bonds is 38. The first kappa shape index (κ1) is 57.6. The fraction of sp³-hybridized carbons (Fsp3) is 0.611. The average molecular weight is 878 g/mol. The Morgan fingerprint density at radius 1 is 0.556 bits per heavy atom. The second-order valence-electron chi connectivity index (χ2n) is 16.2. The number of hydrogen-bond acceptors (Lipinski definition) is 8. The first-order chi connectivity index (χ1) is 30.8. The molecule has 0 aliphatic carbocycles. The molecular formula is C54H87NO8. The maximum atomic E-state index is 13.0. The summed E-state index contributed by atoms with van der Waals surface area (Å²) in [6.45, 7) is 3.57. The van der Waals surface area contributed by atoms with E-state index in [0.717, 1.165) is 96.3 Å². The molecule has 9 heteroatoms. The summed E-state index contributed by atoms with van der Waals surface area (Å²) in [6.07, 6.45) is 56.8. The lowest BCUT2D eigenvalue weighted by atomic mass is 9.99. The molecule has 6 N–H and O–H groups in total. The molecule has 9 nitrogen and oxygen atoms in total. The van der Waals surface area contributed by atoms with E-state index in [1.807, 2.05) is 6.08 Å². The molecule has 1 aliphatic heterocycles. The molecular weight excluding hydrogens is 791 g/mol. The van der Waals surface area contributed by atoms with Crippen molar-refractivity contribution in [2.75, 3.05) is 13.2 Å². The predicted molar refractivity (Wildman–Crippen MR) is 262 cm³/mol. The number of allylic oxidation sites excluding steroid dienone is 19. The van der Waals surface area contributed by atoms with E-state index in [4.69, 9.17) is 9.47 Å². The molecule has 1 heterocycles. The lowest BCUT2D eigenvalue weighted by Crippen LogP contribution is -2.60. The number of aliphatic hydroxyl groups excluding tert-OH is 5.